The minimum absolute atomic E-state index is 0.0341. The normalized spacial score (nSPS) is 10.8. The van der Waals surface area contributed by atoms with Crippen molar-refractivity contribution < 1.29 is 4.79 Å². The maximum Gasteiger partial charge on any atom is 0.159 e. The van der Waals surface area contributed by atoms with E-state index in [4.69, 9.17) is 11.6 Å². The molecule has 0 saturated carbocycles. The molecule has 0 aliphatic heterocycles. The molecule has 2 aromatic rings. The van der Waals surface area contributed by atoms with Gasteiger partial charge >= 0.3 is 0 Å². The summed E-state index contributed by atoms with van der Waals surface area (Å²) < 4.78 is 1.70. The number of aromatic nitrogens is 2. The number of ketones is 1. The molecule has 0 atom stereocenters. The van der Waals surface area contributed by atoms with E-state index in [1.54, 1.807) is 16.8 Å². The molecule has 0 N–H and O–H groups in total. The Morgan fingerprint density at radius 1 is 1.50 bits per heavy atom. The molecule has 0 aliphatic rings. The van der Waals surface area contributed by atoms with Gasteiger partial charge in [-0.1, -0.05) is 11.6 Å². The van der Waals surface area contributed by atoms with Gasteiger partial charge in [0.1, 0.15) is 0 Å². The monoisotopic (exact) mass is 208 g/mol. The highest BCUT2D eigenvalue weighted by atomic mass is 35.5. The fourth-order valence-electron chi connectivity index (χ4n) is 1.44. The Hall–Kier alpha value is -1.35. The number of halogens is 1. The van der Waals surface area contributed by atoms with E-state index >= 15 is 0 Å². The zero-order valence-corrected chi connectivity index (χ0v) is 8.67. The minimum atomic E-state index is 0.0341. The second kappa shape index (κ2) is 3.10. The van der Waals surface area contributed by atoms with Gasteiger partial charge in [0.05, 0.1) is 5.52 Å². The Balaban J connectivity index is 2.77. The lowest BCUT2D eigenvalue weighted by atomic mass is 10.1. The van der Waals surface area contributed by atoms with E-state index in [1.807, 2.05) is 13.1 Å². The van der Waals surface area contributed by atoms with Gasteiger partial charge in [0.25, 0.3) is 0 Å². The van der Waals surface area contributed by atoms with Crippen LogP contribution in [0.3, 0.4) is 0 Å². The summed E-state index contributed by atoms with van der Waals surface area (Å²) in [5.74, 6) is 0.0341. The summed E-state index contributed by atoms with van der Waals surface area (Å²) in [6.45, 7) is 1.53. The van der Waals surface area contributed by atoms with E-state index in [0.29, 0.717) is 10.7 Å². The topological polar surface area (TPSA) is 34.9 Å². The van der Waals surface area contributed by atoms with Crippen molar-refractivity contribution in [2.75, 3.05) is 0 Å². The molecule has 72 valence electrons. The van der Waals surface area contributed by atoms with Gasteiger partial charge in [0, 0.05) is 18.0 Å². The summed E-state index contributed by atoms with van der Waals surface area (Å²) >= 11 is 5.91. The number of nitrogens with zero attached hydrogens (tertiary/aromatic N) is 2. The van der Waals surface area contributed by atoms with Crippen LogP contribution in [0.1, 0.15) is 17.3 Å². The third-order valence-corrected chi connectivity index (χ3v) is 2.49. The van der Waals surface area contributed by atoms with E-state index in [0.717, 1.165) is 10.9 Å². The second-order valence-corrected chi connectivity index (χ2v) is 3.56. The molecule has 1 aromatic heterocycles. The highest BCUT2D eigenvalue weighted by Gasteiger charge is 2.08. The lowest BCUT2D eigenvalue weighted by Gasteiger charge is -1.96. The fourth-order valence-corrected chi connectivity index (χ4v) is 1.71. The number of benzene rings is 1. The van der Waals surface area contributed by atoms with Gasteiger partial charge in [-0.15, -0.1) is 0 Å². The molecule has 3 nitrogen and oxygen atoms in total. The smallest absolute Gasteiger partial charge is 0.159 e. The first-order chi connectivity index (χ1) is 6.59. The molecule has 0 spiro atoms. The van der Waals surface area contributed by atoms with Gasteiger partial charge in [-0.05, 0) is 25.1 Å². The standard InChI is InChI=1S/C10H9ClN2O/c1-6(14)7-3-4-9-8(5-7)10(11)12-13(9)2/h3-5H,1-2H3. The summed E-state index contributed by atoms with van der Waals surface area (Å²) in [5.41, 5.74) is 1.59. The zero-order valence-electron chi connectivity index (χ0n) is 7.91. The van der Waals surface area contributed by atoms with E-state index in [-0.39, 0.29) is 5.78 Å². The predicted molar refractivity (Wildman–Crippen MR) is 55.7 cm³/mol. The van der Waals surface area contributed by atoms with Crippen molar-refractivity contribution in [2.24, 2.45) is 7.05 Å². The van der Waals surface area contributed by atoms with Crippen molar-refractivity contribution in [3.63, 3.8) is 0 Å². The fraction of sp³-hybridized carbons (Fsp3) is 0.200. The van der Waals surface area contributed by atoms with Gasteiger partial charge in [-0.25, -0.2) is 0 Å². The third kappa shape index (κ3) is 1.30. The second-order valence-electron chi connectivity index (χ2n) is 3.20. The maximum atomic E-state index is 11.1. The molecular weight excluding hydrogens is 200 g/mol. The third-order valence-electron chi connectivity index (χ3n) is 2.21. The molecule has 0 radical (unpaired) electrons. The first-order valence-corrected chi connectivity index (χ1v) is 4.60. The molecule has 0 saturated heterocycles. The summed E-state index contributed by atoms with van der Waals surface area (Å²) in [6.07, 6.45) is 0. The van der Waals surface area contributed by atoms with Crippen LogP contribution in [-0.2, 0) is 7.05 Å². The van der Waals surface area contributed by atoms with E-state index in [9.17, 15) is 4.79 Å². The van der Waals surface area contributed by atoms with Gasteiger partial charge in [0.15, 0.2) is 10.9 Å². The average Bonchev–Trinajstić information content (AvgIpc) is 2.42. The number of hydrogen-bond acceptors (Lipinski definition) is 2. The van der Waals surface area contributed by atoms with Crippen molar-refractivity contribution in [2.45, 2.75) is 6.92 Å². The lowest BCUT2D eigenvalue weighted by Crippen LogP contribution is -1.92. The lowest BCUT2D eigenvalue weighted by molar-refractivity contribution is 0.101. The number of aryl methyl sites for hydroxylation is 1. The van der Waals surface area contributed by atoms with Crippen LogP contribution < -0.4 is 0 Å². The molecule has 1 heterocycles. The van der Waals surface area contributed by atoms with Crippen LogP contribution >= 0.6 is 11.6 Å². The first-order valence-electron chi connectivity index (χ1n) is 4.23. The van der Waals surface area contributed by atoms with Gasteiger partial charge in [0.2, 0.25) is 0 Å². The van der Waals surface area contributed by atoms with Crippen LogP contribution in [0.4, 0.5) is 0 Å². The molecule has 14 heavy (non-hydrogen) atoms. The van der Waals surface area contributed by atoms with Crippen molar-refractivity contribution in [1.29, 1.82) is 0 Å². The summed E-state index contributed by atoms with van der Waals surface area (Å²) in [4.78, 5) is 11.1. The van der Waals surface area contributed by atoms with Crippen LogP contribution in [0.5, 0.6) is 0 Å². The summed E-state index contributed by atoms with van der Waals surface area (Å²) in [6, 6.07) is 5.40. The predicted octanol–water partition coefficient (Wildman–Crippen LogP) is 2.43. The molecule has 0 aliphatic carbocycles. The maximum absolute atomic E-state index is 11.1. The van der Waals surface area contributed by atoms with Crippen molar-refractivity contribution >= 4 is 28.3 Å². The highest BCUT2D eigenvalue weighted by molar-refractivity contribution is 6.34. The number of carbonyl (C=O) groups is 1. The Morgan fingerprint density at radius 2 is 2.21 bits per heavy atom. The Kier molecular flexibility index (Phi) is 2.04. The van der Waals surface area contributed by atoms with Crippen LogP contribution in [0.25, 0.3) is 10.9 Å². The Morgan fingerprint density at radius 3 is 2.86 bits per heavy atom. The molecule has 0 unspecified atom stereocenters. The van der Waals surface area contributed by atoms with Crippen molar-refractivity contribution in [3.8, 4) is 0 Å². The molecule has 0 amide bonds. The quantitative estimate of drug-likeness (QED) is 0.675. The summed E-state index contributed by atoms with van der Waals surface area (Å²) in [7, 11) is 1.82. The highest BCUT2D eigenvalue weighted by Crippen LogP contribution is 2.23. The zero-order chi connectivity index (χ0) is 10.3. The van der Waals surface area contributed by atoms with Crippen LogP contribution in [-0.4, -0.2) is 15.6 Å². The van der Waals surface area contributed by atoms with Crippen molar-refractivity contribution in [3.05, 3.63) is 28.9 Å². The number of hydrogen-bond donors (Lipinski definition) is 0. The SMILES string of the molecule is CC(=O)c1ccc2c(c1)c(Cl)nn2C. The first kappa shape index (κ1) is 9.21. The Labute approximate surface area is 86.3 Å². The molecular formula is C10H9ClN2O. The summed E-state index contributed by atoms with van der Waals surface area (Å²) in [5, 5.41) is 5.32. The van der Waals surface area contributed by atoms with Gasteiger partial charge in [-0.2, -0.15) is 5.10 Å². The van der Waals surface area contributed by atoms with Crippen LogP contribution in [0.2, 0.25) is 5.15 Å². The largest absolute Gasteiger partial charge is 0.295 e. The van der Waals surface area contributed by atoms with Gasteiger partial charge in [-0.3, -0.25) is 9.48 Å². The average molecular weight is 209 g/mol. The van der Waals surface area contributed by atoms with Gasteiger partial charge < -0.3 is 0 Å². The number of Topliss-reactive ketones (excluding diaryl/α,β-unsaturated/α-hetero) is 1. The molecule has 4 heteroatoms. The van der Waals surface area contributed by atoms with E-state index < -0.39 is 0 Å². The molecule has 2 rings (SSSR count). The minimum Gasteiger partial charge on any atom is -0.295 e. The molecule has 0 fully saturated rings. The van der Waals surface area contributed by atoms with Crippen molar-refractivity contribution in [1.82, 2.24) is 9.78 Å². The van der Waals surface area contributed by atoms with E-state index in [2.05, 4.69) is 5.10 Å². The van der Waals surface area contributed by atoms with Crippen LogP contribution in [0.15, 0.2) is 18.2 Å². The molecule has 1 aromatic carbocycles. The Bertz CT molecular complexity index is 516. The van der Waals surface area contributed by atoms with E-state index in [1.165, 1.54) is 6.92 Å². The molecule has 0 bridgehead atoms. The van der Waals surface area contributed by atoms with Crippen LogP contribution in [0, 0.1) is 0 Å². The number of rotatable bonds is 1. The number of fused-ring (bicyclic) bond motifs is 1. The number of carbonyl (C=O) groups excluding carboxylic acids is 1.